The van der Waals surface area contributed by atoms with Crippen LogP contribution in [0.1, 0.15) is 34.1 Å². The third-order valence-electron chi connectivity index (χ3n) is 3.13. The highest BCUT2D eigenvalue weighted by atomic mass is 16.4. The molecule has 1 amide bonds. The fraction of sp³-hybridized carbons (Fsp3) is 0.188. The van der Waals surface area contributed by atoms with E-state index < -0.39 is 17.9 Å². The first-order valence-corrected chi connectivity index (χ1v) is 6.74. The van der Waals surface area contributed by atoms with Gasteiger partial charge >= 0.3 is 5.97 Å². The third-order valence-corrected chi connectivity index (χ3v) is 3.13. The second kappa shape index (κ2) is 6.71. The molecule has 0 fully saturated rings. The molecule has 0 bridgehead atoms. The van der Waals surface area contributed by atoms with Crippen LogP contribution in [0.2, 0.25) is 0 Å². The van der Waals surface area contributed by atoms with Crippen LogP contribution in [0.15, 0.2) is 47.3 Å². The first kappa shape index (κ1) is 15.5. The van der Waals surface area contributed by atoms with Crippen LogP contribution in [-0.2, 0) is 4.79 Å². The van der Waals surface area contributed by atoms with Crippen LogP contribution >= 0.6 is 0 Å². The molecule has 0 aliphatic carbocycles. The van der Waals surface area contributed by atoms with E-state index in [1.54, 1.807) is 37.3 Å². The van der Waals surface area contributed by atoms with E-state index >= 15 is 0 Å². The molecule has 0 radical (unpaired) electrons. The molecule has 0 saturated carbocycles. The van der Waals surface area contributed by atoms with E-state index in [1.807, 2.05) is 6.07 Å². The lowest BCUT2D eigenvalue weighted by Crippen LogP contribution is -2.31. The predicted molar refractivity (Wildman–Crippen MR) is 80.7 cm³/mol. The smallest absolute Gasteiger partial charge is 0.305 e. The zero-order chi connectivity index (χ0) is 16.1. The lowest BCUT2D eigenvalue weighted by Gasteiger charge is -2.17. The van der Waals surface area contributed by atoms with Gasteiger partial charge in [0.1, 0.15) is 0 Å². The Morgan fingerprint density at radius 1 is 1.23 bits per heavy atom. The van der Waals surface area contributed by atoms with Crippen LogP contribution in [0.5, 0.6) is 0 Å². The molecule has 0 aliphatic heterocycles. The number of carbonyl (C=O) groups is 2. The number of aromatic amines is 1. The number of aryl methyl sites for hydroxylation is 1. The molecule has 3 N–H and O–H groups in total. The zero-order valence-corrected chi connectivity index (χ0v) is 12.0. The van der Waals surface area contributed by atoms with E-state index in [9.17, 15) is 14.4 Å². The van der Waals surface area contributed by atoms with Gasteiger partial charge in [-0.3, -0.25) is 14.4 Å². The van der Waals surface area contributed by atoms with Gasteiger partial charge in [0.05, 0.1) is 12.5 Å². The van der Waals surface area contributed by atoms with Crippen molar-refractivity contribution in [1.82, 2.24) is 10.3 Å². The van der Waals surface area contributed by atoms with Gasteiger partial charge in [-0.15, -0.1) is 0 Å². The summed E-state index contributed by atoms with van der Waals surface area (Å²) in [6.45, 7) is 1.67. The maximum atomic E-state index is 12.3. The van der Waals surface area contributed by atoms with Crippen molar-refractivity contribution in [3.05, 3.63) is 69.6 Å². The molecule has 1 heterocycles. The maximum absolute atomic E-state index is 12.3. The number of carboxylic acids is 1. The Morgan fingerprint density at radius 3 is 2.50 bits per heavy atom. The van der Waals surface area contributed by atoms with Crippen molar-refractivity contribution in [2.75, 3.05) is 0 Å². The standard InChI is InChI=1S/C16H16N2O4/c1-10-7-12(8-14(19)17-10)16(22)18-13(9-15(20)21)11-5-3-2-4-6-11/h2-8,13H,9H2,1H3,(H,17,19)(H,18,22)(H,20,21)/t13-/m1/s1. The maximum Gasteiger partial charge on any atom is 0.305 e. The largest absolute Gasteiger partial charge is 0.481 e. The van der Waals surface area contributed by atoms with Crippen LogP contribution in [0.4, 0.5) is 0 Å². The molecule has 0 unspecified atom stereocenters. The molecule has 0 spiro atoms. The number of carboxylic acid groups (broad SMARTS) is 1. The van der Waals surface area contributed by atoms with Gasteiger partial charge in [-0.1, -0.05) is 30.3 Å². The van der Waals surface area contributed by atoms with Crippen molar-refractivity contribution >= 4 is 11.9 Å². The highest BCUT2D eigenvalue weighted by molar-refractivity contribution is 5.94. The molecule has 0 saturated heterocycles. The van der Waals surface area contributed by atoms with Crippen LogP contribution in [0, 0.1) is 6.92 Å². The molecule has 114 valence electrons. The number of hydrogen-bond acceptors (Lipinski definition) is 3. The molecule has 1 aromatic carbocycles. The van der Waals surface area contributed by atoms with Crippen LogP contribution in [-0.4, -0.2) is 22.0 Å². The van der Waals surface area contributed by atoms with Crippen molar-refractivity contribution in [2.24, 2.45) is 0 Å². The molecule has 2 rings (SSSR count). The number of hydrogen-bond donors (Lipinski definition) is 3. The molecule has 1 atom stereocenters. The van der Waals surface area contributed by atoms with E-state index in [4.69, 9.17) is 5.11 Å². The Kier molecular flexibility index (Phi) is 4.73. The topological polar surface area (TPSA) is 99.3 Å². The van der Waals surface area contributed by atoms with Gasteiger partial charge in [-0.2, -0.15) is 0 Å². The minimum atomic E-state index is -1.02. The van der Waals surface area contributed by atoms with Gasteiger partial charge < -0.3 is 15.4 Å². The highest BCUT2D eigenvalue weighted by Gasteiger charge is 2.19. The number of H-pyrrole nitrogens is 1. The minimum absolute atomic E-state index is 0.201. The lowest BCUT2D eigenvalue weighted by molar-refractivity contribution is -0.137. The molecule has 1 aromatic heterocycles. The SMILES string of the molecule is Cc1cc(C(=O)N[C@H](CC(=O)O)c2ccccc2)cc(=O)[nH]1. The number of aromatic nitrogens is 1. The Labute approximate surface area is 126 Å². The van der Waals surface area contributed by atoms with E-state index in [0.717, 1.165) is 0 Å². The minimum Gasteiger partial charge on any atom is -0.481 e. The van der Waals surface area contributed by atoms with Crippen molar-refractivity contribution in [3.8, 4) is 0 Å². The Balaban J connectivity index is 2.24. The number of nitrogens with one attached hydrogen (secondary N) is 2. The van der Waals surface area contributed by atoms with E-state index in [-0.39, 0.29) is 17.5 Å². The summed E-state index contributed by atoms with van der Waals surface area (Å²) in [7, 11) is 0. The fourth-order valence-corrected chi connectivity index (χ4v) is 2.17. The summed E-state index contributed by atoms with van der Waals surface area (Å²) >= 11 is 0. The molecular weight excluding hydrogens is 284 g/mol. The highest BCUT2D eigenvalue weighted by Crippen LogP contribution is 2.17. The van der Waals surface area contributed by atoms with Gasteiger partial charge in [0, 0.05) is 17.3 Å². The Bertz CT molecular complexity index is 737. The lowest BCUT2D eigenvalue weighted by atomic mass is 10.0. The molecule has 6 heteroatoms. The van der Waals surface area contributed by atoms with Crippen LogP contribution < -0.4 is 10.9 Å². The average molecular weight is 300 g/mol. The average Bonchev–Trinajstić information content (AvgIpc) is 2.46. The summed E-state index contributed by atoms with van der Waals surface area (Å²) in [5, 5.41) is 11.7. The summed E-state index contributed by atoms with van der Waals surface area (Å²) in [5.41, 5.74) is 1.08. The van der Waals surface area contributed by atoms with E-state index in [0.29, 0.717) is 11.3 Å². The van der Waals surface area contributed by atoms with Crippen LogP contribution in [0.25, 0.3) is 0 Å². The number of benzene rings is 1. The second-order valence-electron chi connectivity index (χ2n) is 4.95. The number of rotatable bonds is 5. The van der Waals surface area contributed by atoms with E-state index in [2.05, 4.69) is 10.3 Å². The first-order valence-electron chi connectivity index (χ1n) is 6.74. The summed E-state index contributed by atoms with van der Waals surface area (Å²) in [4.78, 5) is 37.2. The van der Waals surface area contributed by atoms with Gasteiger partial charge in [0.15, 0.2) is 0 Å². The predicted octanol–water partition coefficient (Wildman–Crippen LogP) is 1.63. The number of pyridine rings is 1. The van der Waals surface area contributed by atoms with Crippen molar-refractivity contribution < 1.29 is 14.7 Å². The van der Waals surface area contributed by atoms with E-state index in [1.165, 1.54) is 6.07 Å². The summed E-state index contributed by atoms with van der Waals surface area (Å²) in [5.74, 6) is -1.50. The molecule has 6 nitrogen and oxygen atoms in total. The van der Waals surface area contributed by atoms with Crippen LogP contribution in [0.3, 0.4) is 0 Å². The van der Waals surface area contributed by atoms with Crippen molar-refractivity contribution in [1.29, 1.82) is 0 Å². The fourth-order valence-electron chi connectivity index (χ4n) is 2.17. The number of amides is 1. The molecule has 22 heavy (non-hydrogen) atoms. The van der Waals surface area contributed by atoms with Crippen molar-refractivity contribution in [3.63, 3.8) is 0 Å². The van der Waals surface area contributed by atoms with Gasteiger partial charge in [0.25, 0.3) is 5.91 Å². The van der Waals surface area contributed by atoms with Crippen molar-refractivity contribution in [2.45, 2.75) is 19.4 Å². The quantitative estimate of drug-likeness (QED) is 0.781. The zero-order valence-electron chi connectivity index (χ0n) is 12.0. The first-order chi connectivity index (χ1) is 10.5. The number of carbonyl (C=O) groups excluding carboxylic acids is 1. The number of aliphatic carboxylic acids is 1. The second-order valence-corrected chi connectivity index (χ2v) is 4.95. The summed E-state index contributed by atoms with van der Waals surface area (Å²) < 4.78 is 0. The molecule has 2 aromatic rings. The van der Waals surface area contributed by atoms with Gasteiger partial charge in [-0.05, 0) is 18.6 Å². The molecular formula is C16H16N2O4. The van der Waals surface area contributed by atoms with Gasteiger partial charge in [0.2, 0.25) is 5.56 Å². The summed E-state index contributed by atoms with van der Waals surface area (Å²) in [6, 6.07) is 10.9. The normalized spacial score (nSPS) is 11.7. The Morgan fingerprint density at radius 2 is 1.91 bits per heavy atom. The van der Waals surface area contributed by atoms with Gasteiger partial charge in [-0.25, -0.2) is 0 Å². The summed E-state index contributed by atoms with van der Waals surface area (Å²) in [6.07, 6.45) is -0.238. The monoisotopic (exact) mass is 300 g/mol. The Hall–Kier alpha value is -2.89. The third kappa shape index (κ3) is 4.05. The molecule has 0 aliphatic rings.